The molecule has 5 heteroatoms. The molecular formula is C16H21N3O2. The number of amides is 1. The predicted octanol–water partition coefficient (Wildman–Crippen LogP) is 2.20. The number of carbonyl (C=O) groups is 1. The maximum absolute atomic E-state index is 12.6. The number of nitrogens with zero attached hydrogens (tertiary/aromatic N) is 3. The van der Waals surface area contributed by atoms with Gasteiger partial charge in [-0.05, 0) is 31.5 Å². The van der Waals surface area contributed by atoms with E-state index in [1.807, 2.05) is 13.0 Å². The second-order valence-electron chi connectivity index (χ2n) is 5.08. The van der Waals surface area contributed by atoms with Crippen LogP contribution in [-0.4, -0.2) is 33.4 Å². The largest absolute Gasteiger partial charge is 0.339 e. The van der Waals surface area contributed by atoms with Crippen LogP contribution in [0.1, 0.15) is 37.0 Å². The standard InChI is InChI=1S/C16H21N3O2/c1-4-6-10-19(5-2)16(21)13-11-12-8-7-9-17-14(12)18(3)15(13)20/h7-9,11H,4-6,10H2,1-3H3. The van der Waals surface area contributed by atoms with Gasteiger partial charge in [0.2, 0.25) is 0 Å². The van der Waals surface area contributed by atoms with Crippen LogP contribution in [-0.2, 0) is 7.05 Å². The van der Waals surface area contributed by atoms with E-state index >= 15 is 0 Å². The Morgan fingerprint density at radius 3 is 2.81 bits per heavy atom. The molecule has 0 aliphatic rings. The van der Waals surface area contributed by atoms with Crippen molar-refractivity contribution in [1.82, 2.24) is 14.5 Å². The van der Waals surface area contributed by atoms with Crippen LogP contribution in [0, 0.1) is 0 Å². The molecule has 5 nitrogen and oxygen atoms in total. The highest BCUT2D eigenvalue weighted by Crippen LogP contribution is 2.11. The first kappa shape index (κ1) is 15.2. The van der Waals surface area contributed by atoms with Gasteiger partial charge in [-0.25, -0.2) is 4.98 Å². The summed E-state index contributed by atoms with van der Waals surface area (Å²) in [6.07, 6.45) is 3.60. The molecule has 0 fully saturated rings. The molecule has 0 aromatic carbocycles. The molecule has 0 bridgehead atoms. The molecule has 0 radical (unpaired) electrons. The molecule has 21 heavy (non-hydrogen) atoms. The molecule has 0 saturated heterocycles. The molecule has 2 rings (SSSR count). The number of unbranched alkanes of at least 4 members (excludes halogenated alkanes) is 1. The lowest BCUT2D eigenvalue weighted by atomic mass is 10.1. The Morgan fingerprint density at radius 2 is 2.14 bits per heavy atom. The van der Waals surface area contributed by atoms with E-state index in [-0.39, 0.29) is 17.0 Å². The maximum Gasteiger partial charge on any atom is 0.264 e. The van der Waals surface area contributed by atoms with Crippen LogP contribution in [0.5, 0.6) is 0 Å². The van der Waals surface area contributed by atoms with Crippen molar-refractivity contribution in [1.29, 1.82) is 0 Å². The van der Waals surface area contributed by atoms with Crippen molar-refractivity contribution in [2.45, 2.75) is 26.7 Å². The van der Waals surface area contributed by atoms with E-state index in [0.717, 1.165) is 18.2 Å². The summed E-state index contributed by atoms with van der Waals surface area (Å²) in [4.78, 5) is 30.9. The van der Waals surface area contributed by atoms with Crippen molar-refractivity contribution in [2.24, 2.45) is 7.05 Å². The molecule has 2 heterocycles. The van der Waals surface area contributed by atoms with Crippen molar-refractivity contribution in [3.63, 3.8) is 0 Å². The zero-order valence-corrected chi connectivity index (χ0v) is 12.8. The molecule has 2 aromatic heterocycles. The molecule has 0 atom stereocenters. The number of aromatic nitrogens is 2. The number of pyridine rings is 2. The lowest BCUT2D eigenvalue weighted by Crippen LogP contribution is -2.37. The topological polar surface area (TPSA) is 55.2 Å². The smallest absolute Gasteiger partial charge is 0.264 e. The molecule has 0 aliphatic carbocycles. The summed E-state index contributed by atoms with van der Waals surface area (Å²) in [5, 5.41) is 0.800. The van der Waals surface area contributed by atoms with Gasteiger partial charge in [0, 0.05) is 31.7 Å². The van der Waals surface area contributed by atoms with E-state index in [1.165, 1.54) is 4.57 Å². The summed E-state index contributed by atoms with van der Waals surface area (Å²) in [5.74, 6) is -0.197. The minimum Gasteiger partial charge on any atom is -0.339 e. The van der Waals surface area contributed by atoms with Crippen LogP contribution >= 0.6 is 0 Å². The lowest BCUT2D eigenvalue weighted by molar-refractivity contribution is 0.0760. The SMILES string of the molecule is CCCCN(CC)C(=O)c1cc2cccnc2n(C)c1=O. The van der Waals surface area contributed by atoms with Gasteiger partial charge >= 0.3 is 0 Å². The van der Waals surface area contributed by atoms with E-state index in [1.54, 1.807) is 30.3 Å². The van der Waals surface area contributed by atoms with E-state index in [9.17, 15) is 9.59 Å². The Bertz CT molecular complexity index is 706. The second-order valence-corrected chi connectivity index (χ2v) is 5.08. The highest BCUT2D eigenvalue weighted by Gasteiger charge is 2.19. The Hall–Kier alpha value is -2.17. The third-order valence-corrected chi connectivity index (χ3v) is 3.65. The third-order valence-electron chi connectivity index (χ3n) is 3.65. The number of hydrogen-bond donors (Lipinski definition) is 0. The fraction of sp³-hybridized carbons (Fsp3) is 0.438. The van der Waals surface area contributed by atoms with Gasteiger partial charge in [0.1, 0.15) is 11.2 Å². The quantitative estimate of drug-likeness (QED) is 0.847. The highest BCUT2D eigenvalue weighted by molar-refractivity contribution is 5.96. The van der Waals surface area contributed by atoms with Gasteiger partial charge in [-0.2, -0.15) is 0 Å². The van der Waals surface area contributed by atoms with Gasteiger partial charge in [0.25, 0.3) is 11.5 Å². The molecule has 0 N–H and O–H groups in total. The maximum atomic E-state index is 12.6. The number of carbonyl (C=O) groups excluding carboxylic acids is 1. The molecule has 1 amide bonds. The lowest BCUT2D eigenvalue weighted by Gasteiger charge is -2.20. The zero-order chi connectivity index (χ0) is 15.4. The summed E-state index contributed by atoms with van der Waals surface area (Å²) in [5.41, 5.74) is 0.521. The first-order chi connectivity index (χ1) is 10.1. The van der Waals surface area contributed by atoms with Crippen LogP contribution in [0.3, 0.4) is 0 Å². The Morgan fingerprint density at radius 1 is 1.38 bits per heavy atom. The van der Waals surface area contributed by atoms with Gasteiger partial charge in [-0.1, -0.05) is 13.3 Å². The first-order valence-electron chi connectivity index (χ1n) is 7.34. The Balaban J connectivity index is 2.48. The Labute approximate surface area is 124 Å². The van der Waals surface area contributed by atoms with Crippen molar-refractivity contribution in [2.75, 3.05) is 13.1 Å². The van der Waals surface area contributed by atoms with Crippen molar-refractivity contribution in [3.8, 4) is 0 Å². The summed E-state index contributed by atoms with van der Waals surface area (Å²) in [6.45, 7) is 5.30. The molecule has 0 spiro atoms. The normalized spacial score (nSPS) is 10.8. The number of aryl methyl sites for hydroxylation is 1. The molecule has 2 aromatic rings. The fourth-order valence-electron chi connectivity index (χ4n) is 2.37. The molecule has 0 saturated carbocycles. The number of hydrogen-bond acceptors (Lipinski definition) is 3. The summed E-state index contributed by atoms with van der Waals surface area (Å²) in [7, 11) is 1.65. The number of fused-ring (bicyclic) bond motifs is 1. The molecular weight excluding hydrogens is 266 g/mol. The van der Waals surface area contributed by atoms with E-state index in [2.05, 4.69) is 11.9 Å². The van der Waals surface area contributed by atoms with Crippen LogP contribution in [0.4, 0.5) is 0 Å². The van der Waals surface area contributed by atoms with Gasteiger partial charge in [-0.3, -0.25) is 14.2 Å². The van der Waals surface area contributed by atoms with Crippen LogP contribution < -0.4 is 5.56 Å². The average molecular weight is 287 g/mol. The summed E-state index contributed by atoms with van der Waals surface area (Å²) < 4.78 is 1.44. The molecule has 112 valence electrons. The minimum absolute atomic E-state index is 0.197. The van der Waals surface area contributed by atoms with Crippen molar-refractivity contribution < 1.29 is 4.79 Å². The minimum atomic E-state index is -0.291. The van der Waals surface area contributed by atoms with Gasteiger partial charge < -0.3 is 4.90 Å². The van der Waals surface area contributed by atoms with Crippen molar-refractivity contribution in [3.05, 3.63) is 40.3 Å². The number of rotatable bonds is 5. The summed E-state index contributed by atoms with van der Waals surface area (Å²) >= 11 is 0. The van der Waals surface area contributed by atoms with Gasteiger partial charge in [0.05, 0.1) is 0 Å². The zero-order valence-electron chi connectivity index (χ0n) is 12.8. The van der Waals surface area contributed by atoms with Gasteiger partial charge in [-0.15, -0.1) is 0 Å². The average Bonchev–Trinajstić information content (AvgIpc) is 2.51. The van der Waals surface area contributed by atoms with Gasteiger partial charge in [0.15, 0.2) is 0 Å². The molecule has 0 unspecified atom stereocenters. The van der Waals surface area contributed by atoms with Crippen LogP contribution in [0.15, 0.2) is 29.2 Å². The van der Waals surface area contributed by atoms with Crippen LogP contribution in [0.2, 0.25) is 0 Å². The van der Waals surface area contributed by atoms with E-state index in [0.29, 0.717) is 18.7 Å². The fourth-order valence-corrected chi connectivity index (χ4v) is 2.37. The molecule has 0 aliphatic heterocycles. The Kier molecular flexibility index (Phi) is 4.73. The highest BCUT2D eigenvalue weighted by atomic mass is 16.2. The second kappa shape index (κ2) is 6.52. The van der Waals surface area contributed by atoms with E-state index in [4.69, 9.17) is 0 Å². The van der Waals surface area contributed by atoms with E-state index < -0.39 is 0 Å². The first-order valence-corrected chi connectivity index (χ1v) is 7.34. The monoisotopic (exact) mass is 287 g/mol. The van der Waals surface area contributed by atoms with Crippen molar-refractivity contribution >= 4 is 16.9 Å². The third kappa shape index (κ3) is 2.96. The van der Waals surface area contributed by atoms with Crippen LogP contribution in [0.25, 0.3) is 11.0 Å². The summed E-state index contributed by atoms with van der Waals surface area (Å²) in [6, 6.07) is 5.32. The predicted molar refractivity (Wildman–Crippen MR) is 83.5 cm³/mol.